The van der Waals surface area contributed by atoms with Crippen LogP contribution < -0.4 is 20.7 Å². The van der Waals surface area contributed by atoms with Gasteiger partial charge >= 0.3 is 0 Å². The summed E-state index contributed by atoms with van der Waals surface area (Å²) in [6, 6.07) is 15.4. The summed E-state index contributed by atoms with van der Waals surface area (Å²) in [5.74, 6) is 1.22. The van der Waals surface area contributed by atoms with E-state index in [2.05, 4.69) is 10.3 Å². The summed E-state index contributed by atoms with van der Waals surface area (Å²) in [4.78, 5) is 17.9. The summed E-state index contributed by atoms with van der Waals surface area (Å²) in [5.41, 5.74) is 8.70. The lowest BCUT2D eigenvalue weighted by Crippen LogP contribution is -2.23. The molecule has 1 amide bonds. The average Bonchev–Trinajstić information content (AvgIpc) is 3.07. The van der Waals surface area contributed by atoms with Crippen molar-refractivity contribution in [2.75, 3.05) is 23.9 Å². The van der Waals surface area contributed by atoms with Crippen LogP contribution in [-0.2, 0) is 11.3 Å². The van der Waals surface area contributed by atoms with Crippen LogP contribution in [0.15, 0.2) is 53.5 Å². The van der Waals surface area contributed by atoms with Crippen molar-refractivity contribution in [3.05, 3.63) is 54.1 Å². The summed E-state index contributed by atoms with van der Waals surface area (Å²) in [6.07, 6.45) is 1.56. The number of nitrogens with one attached hydrogen (secondary N) is 1. The largest absolute Gasteiger partial charge is 0.495 e. The van der Waals surface area contributed by atoms with Crippen molar-refractivity contribution >= 4 is 47.2 Å². The number of nitrogens with zero attached hydrogens (tertiary/aromatic N) is 2. The predicted molar refractivity (Wildman–Crippen MR) is 115 cm³/mol. The fourth-order valence-electron chi connectivity index (χ4n) is 2.80. The van der Waals surface area contributed by atoms with Crippen LogP contribution in [0.2, 0.25) is 0 Å². The molecular formula is C19H23IN4O2. The highest BCUT2D eigenvalue weighted by Crippen LogP contribution is 2.23. The van der Waals surface area contributed by atoms with Gasteiger partial charge in [-0.1, -0.05) is 24.3 Å². The molecule has 0 bridgehead atoms. The number of hydrogen-bond donors (Lipinski definition) is 2. The molecule has 1 heterocycles. The molecular weight excluding hydrogens is 443 g/mol. The molecule has 26 heavy (non-hydrogen) atoms. The number of nitrogens with two attached hydrogens (primary N) is 1. The van der Waals surface area contributed by atoms with E-state index in [1.807, 2.05) is 53.4 Å². The topological polar surface area (TPSA) is 80.0 Å². The van der Waals surface area contributed by atoms with Gasteiger partial charge in [0.05, 0.1) is 19.3 Å². The normalized spacial score (nSPS) is 14.1. The number of rotatable bonds is 5. The number of para-hydroxylation sites is 2. The lowest BCUT2D eigenvalue weighted by atomic mass is 10.2. The molecule has 3 N–H and O–H groups in total. The van der Waals surface area contributed by atoms with Crippen molar-refractivity contribution in [2.45, 2.75) is 19.4 Å². The fourth-order valence-corrected chi connectivity index (χ4v) is 2.80. The van der Waals surface area contributed by atoms with E-state index in [0.29, 0.717) is 24.7 Å². The maximum atomic E-state index is 11.8. The molecule has 6 nitrogen and oxygen atoms in total. The Balaban J connectivity index is 0.00000243. The molecule has 2 aromatic carbocycles. The highest BCUT2D eigenvalue weighted by atomic mass is 127. The third-order valence-electron chi connectivity index (χ3n) is 4.12. The van der Waals surface area contributed by atoms with E-state index in [4.69, 9.17) is 10.5 Å². The Kier molecular flexibility index (Phi) is 7.26. The van der Waals surface area contributed by atoms with E-state index < -0.39 is 0 Å². The van der Waals surface area contributed by atoms with Crippen LogP contribution in [0.4, 0.5) is 11.4 Å². The Hall–Kier alpha value is -2.29. The molecule has 138 valence electrons. The van der Waals surface area contributed by atoms with Gasteiger partial charge in [-0.3, -0.25) is 4.79 Å². The molecule has 3 rings (SSSR count). The van der Waals surface area contributed by atoms with Crippen LogP contribution in [0.1, 0.15) is 18.4 Å². The average molecular weight is 466 g/mol. The summed E-state index contributed by atoms with van der Waals surface area (Å²) in [6.45, 7) is 1.26. The van der Waals surface area contributed by atoms with Gasteiger partial charge < -0.3 is 20.7 Å². The molecule has 0 saturated carbocycles. The van der Waals surface area contributed by atoms with Crippen LogP contribution in [0.25, 0.3) is 0 Å². The Bertz CT molecular complexity index is 777. The molecule has 1 aliphatic rings. The van der Waals surface area contributed by atoms with Gasteiger partial charge in [0, 0.05) is 18.7 Å². The van der Waals surface area contributed by atoms with Gasteiger partial charge in [-0.15, -0.1) is 24.0 Å². The van der Waals surface area contributed by atoms with Crippen molar-refractivity contribution in [2.24, 2.45) is 10.7 Å². The Morgan fingerprint density at radius 3 is 2.62 bits per heavy atom. The van der Waals surface area contributed by atoms with Crippen LogP contribution in [0.5, 0.6) is 5.75 Å². The number of carbonyl (C=O) groups excluding carboxylic acids is 1. The highest BCUT2D eigenvalue weighted by molar-refractivity contribution is 14.0. The standard InChI is InChI=1S/C19H22N4O2.HI/c1-25-17-6-3-2-5-16(17)22-19(20)21-13-14-8-10-15(11-9-14)23-12-4-7-18(23)24;/h2-3,5-6,8-11H,4,7,12-13H2,1H3,(H3,20,21,22);1H. The zero-order valence-electron chi connectivity index (χ0n) is 14.6. The zero-order chi connectivity index (χ0) is 17.6. The molecule has 0 atom stereocenters. The molecule has 0 aliphatic carbocycles. The van der Waals surface area contributed by atoms with Crippen LogP contribution in [0, 0.1) is 0 Å². The fraction of sp³-hybridized carbons (Fsp3) is 0.263. The lowest BCUT2D eigenvalue weighted by molar-refractivity contribution is -0.117. The molecule has 7 heteroatoms. The first kappa shape index (κ1) is 20.0. The molecule has 1 saturated heterocycles. The smallest absolute Gasteiger partial charge is 0.227 e. The first-order valence-electron chi connectivity index (χ1n) is 8.26. The summed E-state index contributed by atoms with van der Waals surface area (Å²) in [5, 5.41) is 3.04. The monoisotopic (exact) mass is 466 g/mol. The third-order valence-corrected chi connectivity index (χ3v) is 4.12. The first-order valence-corrected chi connectivity index (χ1v) is 8.26. The number of ether oxygens (including phenoxy) is 1. The van der Waals surface area contributed by atoms with E-state index in [1.165, 1.54) is 0 Å². The second-order valence-electron chi connectivity index (χ2n) is 5.84. The SMILES string of the molecule is COc1ccccc1NC(N)=NCc1ccc(N2CCCC2=O)cc1.I. The number of amides is 1. The molecule has 0 aromatic heterocycles. The van der Waals surface area contributed by atoms with Gasteiger partial charge in [0.2, 0.25) is 5.91 Å². The summed E-state index contributed by atoms with van der Waals surface area (Å²) < 4.78 is 5.27. The molecule has 0 spiro atoms. The number of anilines is 2. The highest BCUT2D eigenvalue weighted by Gasteiger charge is 2.21. The van der Waals surface area contributed by atoms with Crippen LogP contribution in [-0.4, -0.2) is 25.5 Å². The van der Waals surface area contributed by atoms with Gasteiger partial charge in [0.25, 0.3) is 0 Å². The number of hydrogen-bond acceptors (Lipinski definition) is 3. The first-order chi connectivity index (χ1) is 12.2. The minimum absolute atomic E-state index is 0. The maximum Gasteiger partial charge on any atom is 0.227 e. The number of halogens is 1. The van der Waals surface area contributed by atoms with Crippen LogP contribution in [0.3, 0.4) is 0 Å². The van der Waals surface area contributed by atoms with Gasteiger partial charge in [0.1, 0.15) is 5.75 Å². The minimum atomic E-state index is 0. The van der Waals surface area contributed by atoms with E-state index in [1.54, 1.807) is 7.11 Å². The Morgan fingerprint density at radius 2 is 1.96 bits per heavy atom. The van der Waals surface area contributed by atoms with Crippen molar-refractivity contribution in [3.8, 4) is 5.75 Å². The molecule has 2 aromatic rings. The summed E-state index contributed by atoms with van der Waals surface area (Å²) >= 11 is 0. The van der Waals surface area contributed by atoms with E-state index in [0.717, 1.165) is 29.9 Å². The Labute approximate surface area is 170 Å². The minimum Gasteiger partial charge on any atom is -0.495 e. The number of benzene rings is 2. The quantitative estimate of drug-likeness (QED) is 0.403. The summed E-state index contributed by atoms with van der Waals surface area (Å²) in [7, 11) is 1.61. The van der Waals surface area contributed by atoms with Gasteiger partial charge in [-0.25, -0.2) is 4.99 Å². The van der Waals surface area contributed by atoms with Crippen molar-refractivity contribution in [1.82, 2.24) is 0 Å². The number of guanidine groups is 1. The van der Waals surface area contributed by atoms with E-state index in [9.17, 15) is 4.79 Å². The molecule has 0 radical (unpaired) electrons. The van der Waals surface area contributed by atoms with E-state index >= 15 is 0 Å². The van der Waals surface area contributed by atoms with E-state index in [-0.39, 0.29) is 29.9 Å². The molecule has 0 unspecified atom stereocenters. The van der Waals surface area contributed by atoms with Gasteiger partial charge in [-0.2, -0.15) is 0 Å². The van der Waals surface area contributed by atoms with Crippen molar-refractivity contribution in [1.29, 1.82) is 0 Å². The predicted octanol–water partition coefficient (Wildman–Crippen LogP) is 3.37. The second kappa shape index (κ2) is 9.42. The number of methoxy groups -OCH3 is 1. The number of aliphatic imine (C=N–C) groups is 1. The Morgan fingerprint density at radius 1 is 1.23 bits per heavy atom. The third kappa shape index (κ3) is 4.87. The van der Waals surface area contributed by atoms with Crippen LogP contribution >= 0.6 is 24.0 Å². The maximum absolute atomic E-state index is 11.8. The lowest BCUT2D eigenvalue weighted by Gasteiger charge is -2.15. The van der Waals surface area contributed by atoms with Gasteiger partial charge in [-0.05, 0) is 36.2 Å². The zero-order valence-corrected chi connectivity index (χ0v) is 17.0. The number of carbonyl (C=O) groups is 1. The molecule has 1 aliphatic heterocycles. The molecule has 1 fully saturated rings. The second-order valence-corrected chi connectivity index (χ2v) is 5.84. The van der Waals surface area contributed by atoms with Gasteiger partial charge in [0.15, 0.2) is 5.96 Å². The van der Waals surface area contributed by atoms with Crippen molar-refractivity contribution < 1.29 is 9.53 Å². The van der Waals surface area contributed by atoms with Crippen molar-refractivity contribution in [3.63, 3.8) is 0 Å².